The standard InChI is InChI=1S/C19H20BrN3O4/c1-25-14-10-11(16(20)18(27-3)17(14)26-2)19(24)21-9-8-15-22-12-6-4-5-7-13(12)23-15/h4-7,10H,8-9H2,1-3H3,(H,21,24)(H,22,23). The minimum absolute atomic E-state index is 0.253. The molecule has 0 spiro atoms. The number of nitrogens with zero attached hydrogens (tertiary/aromatic N) is 1. The molecule has 0 aliphatic rings. The first-order valence-corrected chi connectivity index (χ1v) is 9.08. The Morgan fingerprint density at radius 3 is 2.56 bits per heavy atom. The van der Waals surface area contributed by atoms with E-state index >= 15 is 0 Å². The monoisotopic (exact) mass is 433 g/mol. The zero-order chi connectivity index (χ0) is 19.4. The molecule has 2 aromatic carbocycles. The van der Waals surface area contributed by atoms with Gasteiger partial charge >= 0.3 is 0 Å². The number of benzene rings is 2. The van der Waals surface area contributed by atoms with Gasteiger partial charge in [0.15, 0.2) is 11.5 Å². The predicted octanol–water partition coefficient (Wildman–Crippen LogP) is 3.32. The van der Waals surface area contributed by atoms with Crippen LogP contribution in [0.15, 0.2) is 34.8 Å². The number of methoxy groups -OCH3 is 3. The molecule has 8 heteroatoms. The van der Waals surface area contributed by atoms with Gasteiger partial charge in [0, 0.05) is 13.0 Å². The maximum atomic E-state index is 12.6. The first kappa shape index (κ1) is 19.0. The minimum Gasteiger partial charge on any atom is -0.493 e. The van der Waals surface area contributed by atoms with E-state index in [1.165, 1.54) is 21.3 Å². The largest absolute Gasteiger partial charge is 0.493 e. The molecule has 0 unspecified atom stereocenters. The van der Waals surface area contributed by atoms with E-state index in [0.29, 0.717) is 40.3 Å². The van der Waals surface area contributed by atoms with Crippen LogP contribution >= 0.6 is 15.9 Å². The number of fused-ring (bicyclic) bond motifs is 1. The van der Waals surface area contributed by atoms with Crippen LogP contribution in [0.1, 0.15) is 16.2 Å². The second-order valence-corrected chi connectivity index (χ2v) is 6.51. The van der Waals surface area contributed by atoms with E-state index in [4.69, 9.17) is 14.2 Å². The molecule has 1 heterocycles. The lowest BCUT2D eigenvalue weighted by atomic mass is 10.1. The van der Waals surface area contributed by atoms with Crippen molar-refractivity contribution in [2.45, 2.75) is 6.42 Å². The zero-order valence-corrected chi connectivity index (χ0v) is 16.8. The number of ether oxygens (including phenoxy) is 3. The highest BCUT2D eigenvalue weighted by Crippen LogP contribution is 2.44. The Morgan fingerprint density at radius 2 is 1.89 bits per heavy atom. The number of hydrogen-bond donors (Lipinski definition) is 2. The topological polar surface area (TPSA) is 85.5 Å². The van der Waals surface area contributed by atoms with Crippen molar-refractivity contribution in [1.82, 2.24) is 15.3 Å². The van der Waals surface area contributed by atoms with Gasteiger partial charge in [-0.05, 0) is 34.1 Å². The molecule has 0 bridgehead atoms. The molecule has 27 heavy (non-hydrogen) atoms. The summed E-state index contributed by atoms with van der Waals surface area (Å²) in [5, 5.41) is 2.89. The van der Waals surface area contributed by atoms with Crippen LogP contribution in [0.2, 0.25) is 0 Å². The van der Waals surface area contributed by atoms with E-state index in [9.17, 15) is 4.79 Å². The van der Waals surface area contributed by atoms with E-state index in [2.05, 4.69) is 31.2 Å². The van der Waals surface area contributed by atoms with E-state index in [-0.39, 0.29) is 5.91 Å². The SMILES string of the molecule is COc1cc(C(=O)NCCc2nc3ccccc3[nH]2)c(Br)c(OC)c1OC. The number of hydrogen-bond acceptors (Lipinski definition) is 5. The second-order valence-electron chi connectivity index (χ2n) is 5.71. The smallest absolute Gasteiger partial charge is 0.252 e. The van der Waals surface area contributed by atoms with Crippen LogP contribution in [0.25, 0.3) is 11.0 Å². The molecule has 142 valence electrons. The number of nitrogens with one attached hydrogen (secondary N) is 2. The van der Waals surface area contributed by atoms with Crippen molar-refractivity contribution < 1.29 is 19.0 Å². The summed E-state index contributed by atoms with van der Waals surface area (Å²) in [5.41, 5.74) is 2.28. The fraction of sp³-hybridized carbons (Fsp3) is 0.263. The highest BCUT2D eigenvalue weighted by Gasteiger charge is 2.22. The van der Waals surface area contributed by atoms with E-state index in [1.807, 2.05) is 24.3 Å². The van der Waals surface area contributed by atoms with Crippen molar-refractivity contribution in [3.8, 4) is 17.2 Å². The Labute approximate surface area is 165 Å². The van der Waals surface area contributed by atoms with E-state index in [0.717, 1.165) is 16.9 Å². The summed E-state index contributed by atoms with van der Waals surface area (Å²) in [6.45, 7) is 0.432. The summed E-state index contributed by atoms with van der Waals surface area (Å²) >= 11 is 3.42. The lowest BCUT2D eigenvalue weighted by molar-refractivity contribution is 0.0952. The van der Waals surface area contributed by atoms with Gasteiger partial charge in [0.05, 0.1) is 42.4 Å². The molecular formula is C19H20BrN3O4. The summed E-state index contributed by atoms with van der Waals surface area (Å²) in [5.74, 6) is 1.81. The molecule has 0 saturated heterocycles. The summed E-state index contributed by atoms with van der Waals surface area (Å²) in [6, 6.07) is 9.42. The molecule has 2 N–H and O–H groups in total. The molecule has 0 atom stereocenters. The zero-order valence-electron chi connectivity index (χ0n) is 15.3. The highest BCUT2D eigenvalue weighted by molar-refractivity contribution is 9.10. The number of rotatable bonds is 7. The average molecular weight is 434 g/mol. The van der Waals surface area contributed by atoms with Gasteiger partial charge in [-0.15, -0.1) is 0 Å². The molecule has 3 rings (SSSR count). The van der Waals surface area contributed by atoms with Gasteiger partial charge in [-0.2, -0.15) is 0 Å². The molecule has 0 aliphatic carbocycles. The lowest BCUT2D eigenvalue weighted by Gasteiger charge is -2.16. The fourth-order valence-electron chi connectivity index (χ4n) is 2.80. The number of amides is 1. The van der Waals surface area contributed by atoms with Gasteiger partial charge in [-0.3, -0.25) is 4.79 Å². The molecule has 0 aliphatic heterocycles. The van der Waals surface area contributed by atoms with E-state index < -0.39 is 0 Å². The normalized spacial score (nSPS) is 10.7. The number of imidazole rings is 1. The number of para-hydroxylation sites is 2. The molecule has 7 nitrogen and oxygen atoms in total. The maximum absolute atomic E-state index is 12.6. The van der Waals surface area contributed by atoms with Crippen molar-refractivity contribution in [1.29, 1.82) is 0 Å². The Balaban J connectivity index is 1.73. The Morgan fingerprint density at radius 1 is 1.15 bits per heavy atom. The molecule has 0 fully saturated rings. The third kappa shape index (κ3) is 3.85. The van der Waals surface area contributed by atoms with Gasteiger partial charge in [0.1, 0.15) is 5.82 Å². The van der Waals surface area contributed by atoms with Gasteiger partial charge in [0.2, 0.25) is 5.75 Å². The summed E-state index contributed by atoms with van der Waals surface area (Å²) < 4.78 is 16.5. The summed E-state index contributed by atoms with van der Waals surface area (Å²) in [4.78, 5) is 20.4. The highest BCUT2D eigenvalue weighted by atomic mass is 79.9. The van der Waals surface area contributed by atoms with Gasteiger partial charge in [-0.25, -0.2) is 4.98 Å². The van der Waals surface area contributed by atoms with Crippen LogP contribution in [0, 0.1) is 0 Å². The van der Waals surface area contributed by atoms with Crippen LogP contribution in [0.4, 0.5) is 0 Å². The number of carbonyl (C=O) groups excluding carboxylic acids is 1. The first-order valence-electron chi connectivity index (χ1n) is 8.29. The Hall–Kier alpha value is -2.74. The third-order valence-electron chi connectivity index (χ3n) is 4.10. The van der Waals surface area contributed by atoms with Crippen LogP contribution in [0.5, 0.6) is 17.2 Å². The molecule has 3 aromatic rings. The predicted molar refractivity (Wildman–Crippen MR) is 106 cm³/mol. The van der Waals surface area contributed by atoms with Crippen LogP contribution in [0.3, 0.4) is 0 Å². The van der Waals surface area contributed by atoms with Crippen molar-refractivity contribution in [2.24, 2.45) is 0 Å². The van der Waals surface area contributed by atoms with Crippen LogP contribution < -0.4 is 19.5 Å². The van der Waals surface area contributed by atoms with Crippen LogP contribution in [-0.4, -0.2) is 43.7 Å². The quantitative estimate of drug-likeness (QED) is 0.596. The van der Waals surface area contributed by atoms with Gasteiger partial charge in [-0.1, -0.05) is 12.1 Å². The van der Waals surface area contributed by atoms with Crippen molar-refractivity contribution in [2.75, 3.05) is 27.9 Å². The van der Waals surface area contributed by atoms with Crippen molar-refractivity contribution >= 4 is 32.9 Å². The number of aromatic amines is 1. The molecule has 1 aromatic heterocycles. The summed E-state index contributed by atoms with van der Waals surface area (Å²) in [7, 11) is 4.53. The van der Waals surface area contributed by atoms with Crippen molar-refractivity contribution in [3.05, 3.63) is 46.2 Å². The number of aromatic nitrogens is 2. The fourth-order valence-corrected chi connectivity index (χ4v) is 3.44. The van der Waals surface area contributed by atoms with E-state index in [1.54, 1.807) is 6.07 Å². The number of carbonyl (C=O) groups is 1. The third-order valence-corrected chi connectivity index (χ3v) is 4.89. The molecule has 0 saturated carbocycles. The van der Waals surface area contributed by atoms with Gasteiger partial charge < -0.3 is 24.5 Å². The van der Waals surface area contributed by atoms with Crippen LogP contribution in [-0.2, 0) is 6.42 Å². The van der Waals surface area contributed by atoms with Gasteiger partial charge in [0.25, 0.3) is 5.91 Å². The Kier molecular flexibility index (Phi) is 5.85. The first-order chi connectivity index (χ1) is 13.1. The minimum atomic E-state index is -0.253. The average Bonchev–Trinajstić information content (AvgIpc) is 3.10. The molecule has 1 amide bonds. The number of H-pyrrole nitrogens is 1. The second kappa shape index (κ2) is 8.30. The Bertz CT molecular complexity index is 938. The summed E-state index contributed by atoms with van der Waals surface area (Å²) in [6.07, 6.45) is 0.586. The van der Waals surface area contributed by atoms with Crippen molar-refractivity contribution in [3.63, 3.8) is 0 Å². The molecular weight excluding hydrogens is 414 g/mol. The maximum Gasteiger partial charge on any atom is 0.252 e. The number of halogens is 1. The lowest BCUT2D eigenvalue weighted by Crippen LogP contribution is -2.26. The molecule has 0 radical (unpaired) electrons.